The summed E-state index contributed by atoms with van der Waals surface area (Å²) in [5.74, 6) is 0. The Kier molecular flexibility index (Phi) is 1.92. The summed E-state index contributed by atoms with van der Waals surface area (Å²) in [6, 6.07) is 6.40. The quantitative estimate of drug-likeness (QED) is 0.644. The topological polar surface area (TPSA) is 20.2 Å². The van der Waals surface area contributed by atoms with Gasteiger partial charge < -0.3 is 5.11 Å². The van der Waals surface area contributed by atoms with Crippen LogP contribution < -0.4 is 0 Å². The Balaban J connectivity index is 2.55. The van der Waals surface area contributed by atoms with E-state index in [9.17, 15) is 5.11 Å². The summed E-state index contributed by atoms with van der Waals surface area (Å²) in [6.07, 6.45) is 3.11. The second-order valence-corrected chi connectivity index (χ2v) is 4.29. The van der Waals surface area contributed by atoms with Gasteiger partial charge in [0.25, 0.3) is 0 Å². The molecule has 0 heterocycles. The summed E-state index contributed by atoms with van der Waals surface area (Å²) < 4.78 is 0. The van der Waals surface area contributed by atoms with Crippen molar-refractivity contribution < 1.29 is 5.11 Å². The number of hydrogen-bond acceptors (Lipinski definition) is 1. The maximum Gasteiger partial charge on any atom is 0.0871 e. The molecule has 13 heavy (non-hydrogen) atoms. The fraction of sp³-hybridized carbons (Fsp3) is 0.500. The molecule has 1 aliphatic rings. The summed E-state index contributed by atoms with van der Waals surface area (Å²) in [5.41, 5.74) is 3.10. The molecule has 1 aromatic rings. The highest BCUT2D eigenvalue weighted by Gasteiger charge is 2.28. The molecule has 0 saturated carbocycles. The predicted octanol–water partition coefficient (Wildman–Crippen LogP) is 2.54. The zero-order valence-corrected chi connectivity index (χ0v) is 8.30. The first kappa shape index (κ1) is 8.76. The van der Waals surface area contributed by atoms with Crippen molar-refractivity contribution in [1.82, 2.24) is 0 Å². The largest absolute Gasteiger partial charge is 0.385 e. The Hall–Kier alpha value is -0.820. The van der Waals surface area contributed by atoms with Crippen LogP contribution in [0.1, 0.15) is 36.5 Å². The molecule has 1 atom stereocenters. The normalized spacial score (nSPS) is 27.0. The smallest absolute Gasteiger partial charge is 0.0871 e. The van der Waals surface area contributed by atoms with Crippen molar-refractivity contribution in [1.29, 1.82) is 0 Å². The summed E-state index contributed by atoms with van der Waals surface area (Å²) in [5, 5.41) is 10.2. The van der Waals surface area contributed by atoms with Crippen molar-refractivity contribution in [2.45, 2.75) is 38.7 Å². The van der Waals surface area contributed by atoms with Gasteiger partial charge >= 0.3 is 0 Å². The molecule has 0 saturated heterocycles. The molecule has 0 aromatic heterocycles. The van der Waals surface area contributed by atoms with E-state index in [0.717, 1.165) is 24.8 Å². The van der Waals surface area contributed by atoms with Gasteiger partial charge in [-0.15, -0.1) is 0 Å². The Bertz CT molecular complexity index is 326. The third-order valence-electron chi connectivity index (χ3n) is 2.96. The van der Waals surface area contributed by atoms with E-state index >= 15 is 0 Å². The predicted molar refractivity (Wildman–Crippen MR) is 53.7 cm³/mol. The van der Waals surface area contributed by atoms with Crippen LogP contribution in [0.5, 0.6) is 0 Å². The van der Waals surface area contributed by atoms with Crippen molar-refractivity contribution in [2.24, 2.45) is 0 Å². The van der Waals surface area contributed by atoms with Crippen molar-refractivity contribution in [3.8, 4) is 0 Å². The van der Waals surface area contributed by atoms with E-state index in [1.54, 1.807) is 0 Å². The fourth-order valence-corrected chi connectivity index (χ4v) is 2.17. The average Bonchev–Trinajstić information content (AvgIpc) is 2.06. The molecule has 0 spiro atoms. The second kappa shape index (κ2) is 2.85. The minimum Gasteiger partial charge on any atom is -0.385 e. The van der Waals surface area contributed by atoms with Crippen LogP contribution in [-0.2, 0) is 12.0 Å². The lowest BCUT2D eigenvalue weighted by atomic mass is 9.80. The van der Waals surface area contributed by atoms with Gasteiger partial charge in [0.1, 0.15) is 0 Å². The highest BCUT2D eigenvalue weighted by Crippen LogP contribution is 2.35. The van der Waals surface area contributed by atoms with E-state index in [2.05, 4.69) is 25.1 Å². The molecule has 70 valence electrons. The van der Waals surface area contributed by atoms with E-state index < -0.39 is 5.60 Å². The second-order valence-electron chi connectivity index (χ2n) is 4.29. The molecule has 0 aliphatic heterocycles. The zero-order chi connectivity index (χ0) is 9.47. The molecular formula is C12H16O. The van der Waals surface area contributed by atoms with Gasteiger partial charge in [0.2, 0.25) is 0 Å². The van der Waals surface area contributed by atoms with Crippen LogP contribution in [0.15, 0.2) is 18.2 Å². The van der Waals surface area contributed by atoms with Gasteiger partial charge in [-0.3, -0.25) is 0 Å². The molecule has 1 N–H and O–H groups in total. The van der Waals surface area contributed by atoms with Crippen LogP contribution >= 0.6 is 0 Å². The average molecular weight is 176 g/mol. The molecule has 0 fully saturated rings. The maximum atomic E-state index is 10.2. The molecule has 0 radical (unpaired) electrons. The highest BCUT2D eigenvalue weighted by molar-refractivity contribution is 5.37. The first-order chi connectivity index (χ1) is 6.09. The first-order valence-corrected chi connectivity index (χ1v) is 4.92. The van der Waals surface area contributed by atoms with E-state index in [0.29, 0.717) is 0 Å². The zero-order valence-electron chi connectivity index (χ0n) is 8.30. The molecule has 1 aliphatic carbocycles. The number of fused-ring (bicyclic) bond motifs is 1. The Morgan fingerprint density at radius 3 is 2.92 bits per heavy atom. The van der Waals surface area contributed by atoms with Crippen molar-refractivity contribution in [3.05, 3.63) is 34.9 Å². The number of aryl methyl sites for hydroxylation is 2. The molecule has 2 rings (SSSR count). The van der Waals surface area contributed by atoms with E-state index in [4.69, 9.17) is 0 Å². The van der Waals surface area contributed by atoms with Crippen LogP contribution in [0.3, 0.4) is 0 Å². The number of benzene rings is 1. The maximum absolute atomic E-state index is 10.2. The van der Waals surface area contributed by atoms with Gasteiger partial charge in [-0.1, -0.05) is 23.8 Å². The third-order valence-corrected chi connectivity index (χ3v) is 2.96. The number of hydrogen-bond donors (Lipinski definition) is 1. The molecule has 1 heteroatoms. The minimum absolute atomic E-state index is 0.598. The summed E-state index contributed by atoms with van der Waals surface area (Å²) >= 11 is 0. The van der Waals surface area contributed by atoms with Gasteiger partial charge in [0.05, 0.1) is 5.60 Å². The fourth-order valence-electron chi connectivity index (χ4n) is 2.17. The number of aliphatic hydroxyl groups is 1. The van der Waals surface area contributed by atoms with Crippen molar-refractivity contribution in [3.63, 3.8) is 0 Å². The van der Waals surface area contributed by atoms with Crippen LogP contribution in [0.25, 0.3) is 0 Å². The summed E-state index contributed by atoms with van der Waals surface area (Å²) in [4.78, 5) is 0. The monoisotopic (exact) mass is 176 g/mol. The molecule has 1 aromatic carbocycles. The molecule has 0 unspecified atom stereocenters. The first-order valence-electron chi connectivity index (χ1n) is 4.92. The van der Waals surface area contributed by atoms with Crippen molar-refractivity contribution in [2.75, 3.05) is 0 Å². The SMILES string of the molecule is Cc1ccc2c(c1)[C@](C)(O)CCC2. The van der Waals surface area contributed by atoms with E-state index in [-0.39, 0.29) is 0 Å². The molecule has 1 nitrogen and oxygen atoms in total. The summed E-state index contributed by atoms with van der Waals surface area (Å²) in [7, 11) is 0. The van der Waals surface area contributed by atoms with Crippen LogP contribution in [0.4, 0.5) is 0 Å². The van der Waals surface area contributed by atoms with Crippen LogP contribution in [-0.4, -0.2) is 5.11 Å². The van der Waals surface area contributed by atoms with E-state index in [1.807, 2.05) is 6.92 Å². The highest BCUT2D eigenvalue weighted by atomic mass is 16.3. The third kappa shape index (κ3) is 1.49. The lowest BCUT2D eigenvalue weighted by Crippen LogP contribution is -2.26. The Morgan fingerprint density at radius 1 is 1.38 bits per heavy atom. The lowest BCUT2D eigenvalue weighted by molar-refractivity contribution is 0.0386. The van der Waals surface area contributed by atoms with Gasteiger partial charge in [0.15, 0.2) is 0 Å². The van der Waals surface area contributed by atoms with Crippen LogP contribution in [0.2, 0.25) is 0 Å². The Morgan fingerprint density at radius 2 is 2.15 bits per heavy atom. The minimum atomic E-state index is -0.598. The molecule has 0 amide bonds. The van der Waals surface area contributed by atoms with Gasteiger partial charge in [-0.05, 0) is 44.2 Å². The summed E-state index contributed by atoms with van der Waals surface area (Å²) in [6.45, 7) is 4.00. The van der Waals surface area contributed by atoms with Gasteiger partial charge in [0, 0.05) is 0 Å². The number of rotatable bonds is 0. The van der Waals surface area contributed by atoms with Crippen LogP contribution in [0, 0.1) is 6.92 Å². The Labute approximate surface area is 79.4 Å². The standard InChI is InChI=1S/C12H16O/c1-9-5-6-10-4-3-7-12(2,13)11(10)8-9/h5-6,8,13H,3-4,7H2,1-2H3/t12-/m1/s1. The molecule has 0 bridgehead atoms. The van der Waals surface area contributed by atoms with Crippen molar-refractivity contribution >= 4 is 0 Å². The lowest BCUT2D eigenvalue weighted by Gasteiger charge is -2.31. The van der Waals surface area contributed by atoms with E-state index in [1.165, 1.54) is 11.1 Å². The van der Waals surface area contributed by atoms with Gasteiger partial charge in [-0.2, -0.15) is 0 Å². The van der Waals surface area contributed by atoms with Gasteiger partial charge in [-0.25, -0.2) is 0 Å². The molecular weight excluding hydrogens is 160 g/mol.